The molecule has 1 aromatic rings. The number of hydrogen-bond donors (Lipinski definition) is 2. The first kappa shape index (κ1) is 9.95. The maximum Gasteiger partial charge on any atom is 0.213 e. The summed E-state index contributed by atoms with van der Waals surface area (Å²) in [6, 6.07) is 5.47. The number of ether oxygens (including phenoxy) is 1. The third kappa shape index (κ3) is 3.40. The van der Waals surface area contributed by atoms with Gasteiger partial charge < -0.3 is 15.6 Å². The molecule has 0 spiro atoms. The first-order chi connectivity index (χ1) is 6.36. The van der Waals surface area contributed by atoms with E-state index in [0.717, 1.165) is 5.69 Å². The minimum atomic E-state index is 0.135. The van der Waals surface area contributed by atoms with Gasteiger partial charge in [0.15, 0.2) is 0 Å². The molecule has 0 saturated carbocycles. The van der Waals surface area contributed by atoms with Crippen LogP contribution in [-0.2, 0) is 6.54 Å². The zero-order valence-corrected chi connectivity index (χ0v) is 7.44. The molecule has 0 aliphatic carbocycles. The molecule has 1 rings (SSSR count). The Morgan fingerprint density at radius 2 is 2.31 bits per heavy atom. The van der Waals surface area contributed by atoms with Crippen molar-refractivity contribution in [2.24, 2.45) is 5.73 Å². The fraction of sp³-hybridized carbons (Fsp3) is 0.444. The van der Waals surface area contributed by atoms with E-state index in [2.05, 4.69) is 4.98 Å². The fourth-order valence-electron chi connectivity index (χ4n) is 0.893. The first-order valence-electron chi connectivity index (χ1n) is 4.26. The molecule has 13 heavy (non-hydrogen) atoms. The lowest BCUT2D eigenvalue weighted by molar-refractivity contribution is 0.229. The standard InChI is InChI=1S/C9H14N2O2/c10-7-8-3-1-4-9(11-8)13-6-2-5-12/h1,3-4,12H,2,5-7,10H2. The average molecular weight is 182 g/mol. The minimum Gasteiger partial charge on any atom is -0.478 e. The number of aromatic nitrogens is 1. The van der Waals surface area contributed by atoms with Gasteiger partial charge >= 0.3 is 0 Å². The van der Waals surface area contributed by atoms with Gasteiger partial charge in [-0.2, -0.15) is 0 Å². The highest BCUT2D eigenvalue weighted by Gasteiger charge is 1.96. The number of nitrogens with zero attached hydrogens (tertiary/aromatic N) is 1. The zero-order chi connectivity index (χ0) is 9.52. The van der Waals surface area contributed by atoms with Crippen molar-refractivity contribution in [1.82, 2.24) is 4.98 Å². The predicted molar refractivity (Wildman–Crippen MR) is 49.3 cm³/mol. The fourth-order valence-corrected chi connectivity index (χ4v) is 0.893. The SMILES string of the molecule is NCc1cccc(OCCCO)n1. The van der Waals surface area contributed by atoms with Crippen LogP contribution in [-0.4, -0.2) is 23.3 Å². The van der Waals surface area contributed by atoms with Crippen molar-refractivity contribution in [2.75, 3.05) is 13.2 Å². The average Bonchev–Trinajstić information content (AvgIpc) is 2.19. The highest BCUT2D eigenvalue weighted by molar-refractivity contribution is 5.15. The summed E-state index contributed by atoms with van der Waals surface area (Å²) in [6.07, 6.45) is 0.620. The van der Waals surface area contributed by atoms with E-state index in [1.807, 2.05) is 12.1 Å². The molecule has 0 radical (unpaired) electrons. The zero-order valence-electron chi connectivity index (χ0n) is 7.44. The highest BCUT2D eigenvalue weighted by atomic mass is 16.5. The number of rotatable bonds is 5. The maximum atomic E-state index is 8.52. The summed E-state index contributed by atoms with van der Waals surface area (Å²) in [5, 5.41) is 8.52. The van der Waals surface area contributed by atoms with Crippen LogP contribution in [0.5, 0.6) is 5.88 Å². The molecule has 1 aromatic heterocycles. The molecule has 0 atom stereocenters. The Morgan fingerprint density at radius 3 is 3.00 bits per heavy atom. The Hall–Kier alpha value is -1.13. The van der Waals surface area contributed by atoms with E-state index in [0.29, 0.717) is 25.5 Å². The van der Waals surface area contributed by atoms with Gasteiger partial charge in [-0.1, -0.05) is 6.07 Å². The summed E-state index contributed by atoms with van der Waals surface area (Å²) in [7, 11) is 0. The van der Waals surface area contributed by atoms with E-state index in [4.69, 9.17) is 15.6 Å². The molecule has 0 aromatic carbocycles. The van der Waals surface area contributed by atoms with Crippen LogP contribution in [0, 0.1) is 0 Å². The van der Waals surface area contributed by atoms with Crippen molar-refractivity contribution < 1.29 is 9.84 Å². The molecule has 0 fully saturated rings. The van der Waals surface area contributed by atoms with Crippen LogP contribution in [0.3, 0.4) is 0 Å². The second-order valence-corrected chi connectivity index (χ2v) is 2.60. The van der Waals surface area contributed by atoms with Crippen molar-refractivity contribution >= 4 is 0 Å². The van der Waals surface area contributed by atoms with Crippen LogP contribution in [0.4, 0.5) is 0 Å². The molecule has 0 aliphatic heterocycles. The molecule has 0 saturated heterocycles. The second kappa shape index (κ2) is 5.50. The minimum absolute atomic E-state index is 0.135. The predicted octanol–water partition coefficient (Wildman–Crippen LogP) is 0.301. The number of nitrogens with two attached hydrogens (primary N) is 1. The van der Waals surface area contributed by atoms with Crippen LogP contribution in [0.25, 0.3) is 0 Å². The Bertz CT molecular complexity index is 253. The molecule has 4 heteroatoms. The first-order valence-corrected chi connectivity index (χ1v) is 4.26. The lowest BCUT2D eigenvalue weighted by Gasteiger charge is -2.04. The van der Waals surface area contributed by atoms with Crippen molar-refractivity contribution in [3.63, 3.8) is 0 Å². The molecule has 0 unspecified atom stereocenters. The summed E-state index contributed by atoms with van der Waals surface area (Å²) in [4.78, 5) is 4.13. The van der Waals surface area contributed by atoms with Crippen LogP contribution in [0.1, 0.15) is 12.1 Å². The van der Waals surface area contributed by atoms with E-state index in [-0.39, 0.29) is 6.61 Å². The van der Waals surface area contributed by atoms with Crippen LogP contribution < -0.4 is 10.5 Å². The largest absolute Gasteiger partial charge is 0.478 e. The van der Waals surface area contributed by atoms with Crippen molar-refractivity contribution in [3.05, 3.63) is 23.9 Å². The number of hydrogen-bond acceptors (Lipinski definition) is 4. The second-order valence-electron chi connectivity index (χ2n) is 2.60. The maximum absolute atomic E-state index is 8.52. The van der Waals surface area contributed by atoms with E-state index in [9.17, 15) is 0 Å². The topological polar surface area (TPSA) is 68.4 Å². The molecular formula is C9H14N2O2. The van der Waals surface area contributed by atoms with Crippen molar-refractivity contribution in [1.29, 1.82) is 0 Å². The molecule has 1 heterocycles. The molecule has 4 nitrogen and oxygen atoms in total. The molecule has 72 valence electrons. The summed E-state index contributed by atoms with van der Waals surface area (Å²) >= 11 is 0. The van der Waals surface area contributed by atoms with Gasteiger partial charge in [-0.05, 0) is 6.07 Å². The molecule has 0 bridgehead atoms. The van der Waals surface area contributed by atoms with Crippen LogP contribution in [0.15, 0.2) is 18.2 Å². The smallest absolute Gasteiger partial charge is 0.213 e. The van der Waals surface area contributed by atoms with Crippen molar-refractivity contribution in [3.8, 4) is 5.88 Å². The Kier molecular flexibility index (Phi) is 4.21. The molecule has 0 aliphatic rings. The Balaban J connectivity index is 2.46. The van der Waals surface area contributed by atoms with Gasteiger partial charge in [0.25, 0.3) is 0 Å². The van der Waals surface area contributed by atoms with Gasteiger partial charge in [0.2, 0.25) is 5.88 Å². The van der Waals surface area contributed by atoms with Gasteiger partial charge in [-0.25, -0.2) is 4.98 Å². The van der Waals surface area contributed by atoms with E-state index >= 15 is 0 Å². The van der Waals surface area contributed by atoms with Gasteiger partial charge in [0.05, 0.1) is 12.3 Å². The van der Waals surface area contributed by atoms with E-state index in [1.54, 1.807) is 6.07 Å². The van der Waals surface area contributed by atoms with Gasteiger partial charge in [-0.15, -0.1) is 0 Å². The molecular weight excluding hydrogens is 168 g/mol. The summed E-state index contributed by atoms with van der Waals surface area (Å²) < 4.78 is 5.26. The molecule has 0 amide bonds. The highest BCUT2D eigenvalue weighted by Crippen LogP contribution is 2.06. The molecule has 3 N–H and O–H groups in total. The number of aliphatic hydroxyl groups is 1. The summed E-state index contributed by atoms with van der Waals surface area (Å²) in [6.45, 7) is 1.03. The number of pyridine rings is 1. The third-order valence-corrected chi connectivity index (χ3v) is 1.54. The lowest BCUT2D eigenvalue weighted by Crippen LogP contribution is -2.04. The monoisotopic (exact) mass is 182 g/mol. The van der Waals surface area contributed by atoms with Gasteiger partial charge in [-0.3, -0.25) is 0 Å². The summed E-state index contributed by atoms with van der Waals surface area (Å²) in [5.74, 6) is 0.566. The van der Waals surface area contributed by atoms with Gasteiger partial charge in [0, 0.05) is 25.6 Å². The quantitative estimate of drug-likeness (QED) is 0.643. The summed E-state index contributed by atoms with van der Waals surface area (Å²) in [5.41, 5.74) is 6.22. The van der Waals surface area contributed by atoms with Gasteiger partial charge in [0.1, 0.15) is 0 Å². The number of aliphatic hydroxyl groups excluding tert-OH is 1. The van der Waals surface area contributed by atoms with Crippen LogP contribution >= 0.6 is 0 Å². The lowest BCUT2D eigenvalue weighted by atomic mass is 10.3. The van der Waals surface area contributed by atoms with Crippen LogP contribution in [0.2, 0.25) is 0 Å². The van der Waals surface area contributed by atoms with E-state index < -0.39 is 0 Å². The normalized spacial score (nSPS) is 10.0. The van der Waals surface area contributed by atoms with E-state index in [1.165, 1.54) is 0 Å². The Morgan fingerprint density at radius 1 is 1.46 bits per heavy atom. The third-order valence-electron chi connectivity index (χ3n) is 1.54. The van der Waals surface area contributed by atoms with Crippen molar-refractivity contribution in [2.45, 2.75) is 13.0 Å². The Labute approximate surface area is 77.4 Å².